The third-order valence-corrected chi connectivity index (χ3v) is 7.31. The second-order valence-corrected chi connectivity index (χ2v) is 10.0. The van der Waals surface area contributed by atoms with Crippen LogP contribution in [-0.2, 0) is 11.8 Å². The normalized spacial score (nSPS) is 19.1. The Morgan fingerprint density at radius 1 is 1.00 bits per heavy atom. The van der Waals surface area contributed by atoms with Crippen molar-refractivity contribution in [1.82, 2.24) is 24.9 Å². The topological polar surface area (TPSA) is 85.1 Å². The third-order valence-electron chi connectivity index (χ3n) is 7.31. The highest BCUT2D eigenvalue weighted by molar-refractivity contribution is 6.02. The summed E-state index contributed by atoms with van der Waals surface area (Å²) in [5.41, 5.74) is 4.57. The zero-order valence-corrected chi connectivity index (χ0v) is 21.7. The Morgan fingerprint density at radius 2 is 1.77 bits per heavy atom. The van der Waals surface area contributed by atoms with Crippen molar-refractivity contribution in [3.8, 4) is 5.69 Å². The van der Waals surface area contributed by atoms with Gasteiger partial charge in [0.2, 0.25) is 5.91 Å². The van der Waals surface area contributed by atoms with E-state index in [0.29, 0.717) is 11.4 Å². The average Bonchev–Trinajstić information content (AvgIpc) is 3.61. The number of carbonyl (C=O) groups excluding carboxylic acids is 2. The number of nitrogens with zero attached hydrogens (tertiary/aromatic N) is 5. The van der Waals surface area contributed by atoms with Crippen molar-refractivity contribution in [2.45, 2.75) is 25.9 Å². The van der Waals surface area contributed by atoms with Gasteiger partial charge in [0.1, 0.15) is 11.5 Å². The van der Waals surface area contributed by atoms with E-state index < -0.39 is 18.0 Å². The molecule has 1 aliphatic heterocycles. The molecule has 0 spiro atoms. The number of aromatic nitrogens is 4. The standard InChI is InChI=1S/C30H27FN6O2/c1-18-5-4-6-20(15-18)28-27(33-29(38)25-13-14-35(3)34-25)19(2)30(39)36(28)24-11-12-26-21(16-24)17-32-37(26)23-9-7-22(31)8-10-23/h4-17,19,27-28H,1-3H3,(H,33,38)/t19-,27?,28+/m0/s1. The molecule has 0 bridgehead atoms. The van der Waals surface area contributed by atoms with Crippen LogP contribution in [0.2, 0.25) is 0 Å². The molecule has 3 aromatic carbocycles. The van der Waals surface area contributed by atoms with E-state index in [9.17, 15) is 14.0 Å². The highest BCUT2D eigenvalue weighted by Crippen LogP contribution is 2.41. The number of carbonyl (C=O) groups is 2. The monoisotopic (exact) mass is 522 g/mol. The molecule has 8 nitrogen and oxygen atoms in total. The van der Waals surface area contributed by atoms with E-state index in [4.69, 9.17) is 0 Å². The minimum absolute atomic E-state index is 0.0851. The lowest BCUT2D eigenvalue weighted by Gasteiger charge is -2.29. The lowest BCUT2D eigenvalue weighted by Crippen LogP contribution is -2.42. The fourth-order valence-corrected chi connectivity index (χ4v) is 5.37. The Morgan fingerprint density at radius 3 is 2.49 bits per heavy atom. The summed E-state index contributed by atoms with van der Waals surface area (Å²) in [5, 5.41) is 12.7. The minimum Gasteiger partial charge on any atom is -0.345 e. The van der Waals surface area contributed by atoms with Gasteiger partial charge in [0.05, 0.1) is 35.4 Å². The number of aryl methyl sites for hydroxylation is 2. The van der Waals surface area contributed by atoms with Gasteiger partial charge in [-0.1, -0.05) is 36.8 Å². The number of benzene rings is 3. The number of anilines is 1. The van der Waals surface area contributed by atoms with Crippen LogP contribution in [0.15, 0.2) is 85.2 Å². The third kappa shape index (κ3) is 4.35. The molecule has 1 fully saturated rings. The van der Waals surface area contributed by atoms with Crippen molar-refractivity contribution in [2.24, 2.45) is 13.0 Å². The molecular weight excluding hydrogens is 495 g/mol. The second kappa shape index (κ2) is 9.50. The summed E-state index contributed by atoms with van der Waals surface area (Å²) in [6.07, 6.45) is 3.44. The second-order valence-electron chi connectivity index (χ2n) is 10.0. The Kier molecular flexibility index (Phi) is 5.98. The zero-order valence-electron chi connectivity index (χ0n) is 21.7. The van der Waals surface area contributed by atoms with Crippen LogP contribution >= 0.6 is 0 Å². The Bertz CT molecular complexity index is 1710. The Labute approximate surface area is 224 Å². The highest BCUT2D eigenvalue weighted by atomic mass is 19.1. The van der Waals surface area contributed by atoms with E-state index in [1.165, 1.54) is 12.1 Å². The maximum Gasteiger partial charge on any atom is 0.272 e. The van der Waals surface area contributed by atoms with Gasteiger partial charge in [-0.3, -0.25) is 14.3 Å². The van der Waals surface area contributed by atoms with Crippen LogP contribution in [0.4, 0.5) is 10.1 Å². The van der Waals surface area contributed by atoms with Crippen LogP contribution in [-0.4, -0.2) is 37.4 Å². The molecular formula is C30H27FN6O2. The summed E-state index contributed by atoms with van der Waals surface area (Å²) in [7, 11) is 1.75. The molecule has 1 unspecified atom stereocenters. The molecule has 196 valence electrons. The molecule has 1 aliphatic rings. The lowest BCUT2D eigenvalue weighted by molar-refractivity contribution is -0.120. The molecule has 3 heterocycles. The van der Waals surface area contributed by atoms with Gasteiger partial charge in [-0.15, -0.1) is 0 Å². The van der Waals surface area contributed by atoms with Gasteiger partial charge in [0, 0.05) is 24.3 Å². The highest BCUT2D eigenvalue weighted by Gasteiger charge is 2.48. The van der Waals surface area contributed by atoms with Crippen LogP contribution in [0.3, 0.4) is 0 Å². The summed E-state index contributed by atoms with van der Waals surface area (Å²) >= 11 is 0. The number of rotatable bonds is 5. The van der Waals surface area contributed by atoms with Gasteiger partial charge in [-0.25, -0.2) is 9.07 Å². The minimum atomic E-state index is -0.480. The van der Waals surface area contributed by atoms with Gasteiger partial charge in [0.25, 0.3) is 5.91 Å². The zero-order chi connectivity index (χ0) is 27.3. The summed E-state index contributed by atoms with van der Waals surface area (Å²) < 4.78 is 16.8. The molecule has 1 N–H and O–H groups in total. The van der Waals surface area contributed by atoms with Crippen LogP contribution < -0.4 is 10.2 Å². The van der Waals surface area contributed by atoms with Gasteiger partial charge in [0.15, 0.2) is 0 Å². The molecule has 0 radical (unpaired) electrons. The molecule has 2 aromatic heterocycles. The van der Waals surface area contributed by atoms with E-state index in [2.05, 4.69) is 15.5 Å². The first kappa shape index (κ1) is 24.5. The smallest absolute Gasteiger partial charge is 0.272 e. The van der Waals surface area contributed by atoms with Gasteiger partial charge in [-0.2, -0.15) is 10.2 Å². The van der Waals surface area contributed by atoms with Crippen LogP contribution in [0.5, 0.6) is 0 Å². The number of amides is 2. The quantitative estimate of drug-likeness (QED) is 0.362. The van der Waals surface area contributed by atoms with E-state index in [1.807, 2.05) is 56.3 Å². The van der Waals surface area contributed by atoms with Crippen molar-refractivity contribution >= 4 is 28.4 Å². The lowest BCUT2D eigenvalue weighted by atomic mass is 9.93. The molecule has 9 heteroatoms. The predicted molar refractivity (Wildman–Crippen MR) is 146 cm³/mol. The van der Waals surface area contributed by atoms with E-state index in [1.54, 1.807) is 51.9 Å². The largest absolute Gasteiger partial charge is 0.345 e. The summed E-state index contributed by atoms with van der Waals surface area (Å²) in [6.45, 7) is 3.85. The summed E-state index contributed by atoms with van der Waals surface area (Å²) in [4.78, 5) is 28.7. The fourth-order valence-electron chi connectivity index (χ4n) is 5.37. The maximum atomic E-state index is 13.8. The van der Waals surface area contributed by atoms with Crippen molar-refractivity contribution < 1.29 is 14.0 Å². The Balaban J connectivity index is 1.41. The average molecular weight is 523 g/mol. The van der Waals surface area contributed by atoms with E-state index in [0.717, 1.165) is 27.7 Å². The number of nitrogens with one attached hydrogen (secondary N) is 1. The summed E-state index contributed by atoms with van der Waals surface area (Å²) in [6, 6.07) is 20.6. The van der Waals surface area contributed by atoms with Crippen molar-refractivity contribution in [1.29, 1.82) is 0 Å². The van der Waals surface area contributed by atoms with Crippen molar-refractivity contribution in [3.63, 3.8) is 0 Å². The van der Waals surface area contributed by atoms with Crippen molar-refractivity contribution in [2.75, 3.05) is 4.90 Å². The Hall–Kier alpha value is -4.79. The first-order chi connectivity index (χ1) is 18.8. The SMILES string of the molecule is Cc1cccc([C@@H]2C(NC(=O)c3ccn(C)n3)[C@H](C)C(=O)N2c2ccc3c(cnn3-c3ccc(F)cc3)c2)c1. The summed E-state index contributed by atoms with van der Waals surface area (Å²) in [5.74, 6) is -1.19. The molecule has 5 aromatic rings. The van der Waals surface area contributed by atoms with Crippen LogP contribution in [0.1, 0.15) is 34.6 Å². The molecule has 1 saturated heterocycles. The molecule has 0 saturated carbocycles. The van der Waals surface area contributed by atoms with Crippen LogP contribution in [0.25, 0.3) is 16.6 Å². The number of hydrogen-bond donors (Lipinski definition) is 1. The number of hydrogen-bond acceptors (Lipinski definition) is 4. The van der Waals surface area contributed by atoms with E-state index in [-0.39, 0.29) is 17.6 Å². The molecule has 3 atom stereocenters. The first-order valence-electron chi connectivity index (χ1n) is 12.7. The molecule has 39 heavy (non-hydrogen) atoms. The van der Waals surface area contributed by atoms with Gasteiger partial charge >= 0.3 is 0 Å². The molecule has 6 rings (SSSR count). The predicted octanol–water partition coefficient (Wildman–Crippen LogP) is 4.73. The first-order valence-corrected chi connectivity index (χ1v) is 12.7. The van der Waals surface area contributed by atoms with Crippen LogP contribution in [0, 0.1) is 18.7 Å². The maximum absolute atomic E-state index is 13.8. The molecule has 2 amide bonds. The molecule has 0 aliphatic carbocycles. The van der Waals surface area contributed by atoms with Gasteiger partial charge in [-0.05, 0) is 61.0 Å². The number of halogens is 1. The number of fused-ring (bicyclic) bond motifs is 1. The van der Waals surface area contributed by atoms with Crippen molar-refractivity contribution in [3.05, 3.63) is 108 Å². The fraction of sp³-hybridized carbons (Fsp3) is 0.200. The van der Waals surface area contributed by atoms with Gasteiger partial charge < -0.3 is 10.2 Å². The van der Waals surface area contributed by atoms with E-state index >= 15 is 0 Å².